The van der Waals surface area contributed by atoms with Crippen molar-refractivity contribution in [3.05, 3.63) is 41.8 Å². The van der Waals surface area contributed by atoms with Crippen molar-refractivity contribution in [1.82, 2.24) is 14.4 Å². The zero-order valence-corrected chi connectivity index (χ0v) is 9.03. The highest BCUT2D eigenvalue weighted by atomic mass is 32.1. The summed E-state index contributed by atoms with van der Waals surface area (Å²) < 4.78 is 2.09. The van der Waals surface area contributed by atoms with Crippen LogP contribution in [0.1, 0.15) is 5.69 Å². The summed E-state index contributed by atoms with van der Waals surface area (Å²) in [6, 6.07) is 6.11. The summed E-state index contributed by atoms with van der Waals surface area (Å²) in [5, 5.41) is 0. The molecule has 0 aliphatic carbocycles. The van der Waals surface area contributed by atoms with Crippen LogP contribution in [-0.4, -0.2) is 14.4 Å². The third kappa shape index (κ3) is 1.34. The van der Waals surface area contributed by atoms with Gasteiger partial charge in [-0.1, -0.05) is 6.07 Å². The van der Waals surface area contributed by atoms with Gasteiger partial charge in [0, 0.05) is 18.1 Å². The normalized spacial score (nSPS) is 11.0. The number of aromatic nitrogens is 3. The molecular formula is C11H9N3S. The Morgan fingerprint density at radius 2 is 2.27 bits per heavy atom. The maximum absolute atomic E-state index is 4.55. The topological polar surface area (TPSA) is 30.2 Å². The average molecular weight is 215 g/mol. The van der Waals surface area contributed by atoms with Crippen LogP contribution in [0.3, 0.4) is 0 Å². The molecule has 0 spiro atoms. The molecule has 0 radical (unpaired) electrons. The molecule has 0 saturated carbocycles. The highest BCUT2D eigenvalue weighted by Crippen LogP contribution is 2.22. The maximum atomic E-state index is 4.55. The molecule has 4 heteroatoms. The Hall–Kier alpha value is -1.68. The first kappa shape index (κ1) is 8.61. The molecule has 0 unspecified atom stereocenters. The van der Waals surface area contributed by atoms with Gasteiger partial charge in [0.1, 0.15) is 11.3 Å². The largest absolute Gasteiger partial charge is 0.304 e. The van der Waals surface area contributed by atoms with Crippen LogP contribution in [0.25, 0.3) is 16.2 Å². The van der Waals surface area contributed by atoms with Gasteiger partial charge in [-0.05, 0) is 19.1 Å². The number of fused-ring (bicyclic) bond motifs is 1. The molecule has 0 N–H and O–H groups in total. The molecule has 74 valence electrons. The second kappa shape index (κ2) is 3.17. The molecule has 15 heavy (non-hydrogen) atoms. The van der Waals surface area contributed by atoms with E-state index < -0.39 is 0 Å². The molecule has 3 heterocycles. The molecule has 0 bridgehead atoms. The number of nitrogens with zero attached hydrogens (tertiary/aromatic N) is 3. The Balaban J connectivity index is 2.27. The number of hydrogen-bond acceptors (Lipinski definition) is 3. The van der Waals surface area contributed by atoms with Crippen LogP contribution >= 0.6 is 11.3 Å². The Kier molecular flexibility index (Phi) is 1.82. The molecule has 3 aromatic rings. The molecule has 3 nitrogen and oxygen atoms in total. The van der Waals surface area contributed by atoms with Crippen molar-refractivity contribution in [2.24, 2.45) is 0 Å². The predicted molar refractivity (Wildman–Crippen MR) is 61.0 cm³/mol. The summed E-state index contributed by atoms with van der Waals surface area (Å²) in [5.74, 6) is 0. The lowest BCUT2D eigenvalue weighted by molar-refractivity contribution is 1.09. The Morgan fingerprint density at radius 1 is 1.33 bits per heavy atom. The summed E-state index contributed by atoms with van der Waals surface area (Å²) in [6.07, 6.45) is 3.90. The minimum Gasteiger partial charge on any atom is -0.304 e. The number of imidazole rings is 1. The fourth-order valence-electron chi connectivity index (χ4n) is 1.61. The van der Waals surface area contributed by atoms with Crippen LogP contribution in [0.4, 0.5) is 0 Å². The summed E-state index contributed by atoms with van der Waals surface area (Å²) in [6.45, 7) is 2.07. The van der Waals surface area contributed by atoms with Gasteiger partial charge in [0.15, 0.2) is 0 Å². The number of aryl methyl sites for hydroxylation is 1. The second-order valence-corrected chi connectivity index (χ2v) is 4.27. The van der Waals surface area contributed by atoms with Crippen LogP contribution in [0.15, 0.2) is 36.1 Å². The molecule has 0 aliphatic heterocycles. The van der Waals surface area contributed by atoms with E-state index in [0.29, 0.717) is 0 Å². The molecule has 0 fully saturated rings. The van der Waals surface area contributed by atoms with E-state index in [1.165, 1.54) is 5.69 Å². The summed E-state index contributed by atoms with van der Waals surface area (Å²) in [7, 11) is 0. The standard InChI is InChI=1S/C11H9N3S/c1-8-3-2-4-11-13-9(6-14(8)11)10-5-12-7-15-10/h2-7H,1H3. The molecule has 0 atom stereocenters. The lowest BCUT2D eigenvalue weighted by Crippen LogP contribution is -1.86. The van der Waals surface area contributed by atoms with Gasteiger partial charge in [-0.3, -0.25) is 4.98 Å². The van der Waals surface area contributed by atoms with E-state index in [-0.39, 0.29) is 0 Å². The van der Waals surface area contributed by atoms with Crippen LogP contribution in [0.2, 0.25) is 0 Å². The van der Waals surface area contributed by atoms with Gasteiger partial charge in [-0.15, -0.1) is 11.3 Å². The average Bonchev–Trinajstić information content (AvgIpc) is 2.86. The molecule has 0 amide bonds. The minimum atomic E-state index is 0.985. The monoisotopic (exact) mass is 215 g/mol. The predicted octanol–water partition coefficient (Wildman–Crippen LogP) is 2.77. The van der Waals surface area contributed by atoms with E-state index in [9.17, 15) is 0 Å². The van der Waals surface area contributed by atoms with Crippen molar-refractivity contribution in [1.29, 1.82) is 0 Å². The second-order valence-electron chi connectivity index (χ2n) is 3.39. The maximum Gasteiger partial charge on any atom is 0.137 e. The first-order chi connectivity index (χ1) is 7.34. The first-order valence-electron chi connectivity index (χ1n) is 4.68. The molecular weight excluding hydrogens is 206 g/mol. The Labute approximate surface area is 91.1 Å². The smallest absolute Gasteiger partial charge is 0.137 e. The number of hydrogen-bond donors (Lipinski definition) is 0. The first-order valence-corrected chi connectivity index (χ1v) is 5.56. The van der Waals surface area contributed by atoms with E-state index >= 15 is 0 Å². The molecule has 0 aliphatic rings. The van der Waals surface area contributed by atoms with Gasteiger partial charge in [-0.2, -0.15) is 0 Å². The molecule has 0 aromatic carbocycles. The van der Waals surface area contributed by atoms with Gasteiger partial charge in [0.05, 0.1) is 10.4 Å². The fraction of sp³-hybridized carbons (Fsp3) is 0.0909. The summed E-state index contributed by atoms with van der Waals surface area (Å²) in [5.41, 5.74) is 4.99. The highest BCUT2D eigenvalue weighted by molar-refractivity contribution is 7.13. The van der Waals surface area contributed by atoms with E-state index in [0.717, 1.165) is 16.2 Å². The van der Waals surface area contributed by atoms with Crippen molar-refractivity contribution in [2.75, 3.05) is 0 Å². The number of rotatable bonds is 1. The van der Waals surface area contributed by atoms with Gasteiger partial charge in [0.25, 0.3) is 0 Å². The van der Waals surface area contributed by atoms with Crippen molar-refractivity contribution < 1.29 is 0 Å². The van der Waals surface area contributed by atoms with Crippen LogP contribution < -0.4 is 0 Å². The number of pyridine rings is 1. The SMILES string of the molecule is Cc1cccc2nc(-c3cncs3)cn12. The molecule has 0 saturated heterocycles. The van der Waals surface area contributed by atoms with Gasteiger partial charge >= 0.3 is 0 Å². The van der Waals surface area contributed by atoms with E-state index in [1.807, 2.05) is 23.8 Å². The van der Waals surface area contributed by atoms with Crippen molar-refractivity contribution in [3.8, 4) is 10.6 Å². The van der Waals surface area contributed by atoms with E-state index in [1.54, 1.807) is 11.3 Å². The Bertz CT molecular complexity index is 595. The van der Waals surface area contributed by atoms with Crippen molar-refractivity contribution >= 4 is 17.0 Å². The zero-order valence-electron chi connectivity index (χ0n) is 8.21. The van der Waals surface area contributed by atoms with Crippen molar-refractivity contribution in [3.63, 3.8) is 0 Å². The van der Waals surface area contributed by atoms with Crippen LogP contribution in [-0.2, 0) is 0 Å². The van der Waals surface area contributed by atoms with Gasteiger partial charge in [-0.25, -0.2) is 4.98 Å². The summed E-state index contributed by atoms with van der Waals surface area (Å²) >= 11 is 1.61. The zero-order chi connectivity index (χ0) is 10.3. The molecule has 3 rings (SSSR count). The minimum absolute atomic E-state index is 0.985. The Morgan fingerprint density at radius 3 is 3.00 bits per heavy atom. The highest BCUT2D eigenvalue weighted by Gasteiger charge is 2.05. The molecule has 3 aromatic heterocycles. The summed E-state index contributed by atoms with van der Waals surface area (Å²) in [4.78, 5) is 9.72. The third-order valence-corrected chi connectivity index (χ3v) is 3.18. The van der Waals surface area contributed by atoms with E-state index in [4.69, 9.17) is 0 Å². The number of thiazole rings is 1. The third-order valence-electron chi connectivity index (χ3n) is 2.38. The van der Waals surface area contributed by atoms with Gasteiger partial charge in [0.2, 0.25) is 0 Å². The lowest BCUT2D eigenvalue weighted by Gasteiger charge is -1.95. The van der Waals surface area contributed by atoms with E-state index in [2.05, 4.69) is 33.6 Å². The quantitative estimate of drug-likeness (QED) is 0.624. The fourth-order valence-corrected chi connectivity index (χ4v) is 2.19. The van der Waals surface area contributed by atoms with Crippen LogP contribution in [0, 0.1) is 6.92 Å². The van der Waals surface area contributed by atoms with Gasteiger partial charge < -0.3 is 4.40 Å². The lowest BCUT2D eigenvalue weighted by atomic mass is 10.4. The van der Waals surface area contributed by atoms with Crippen molar-refractivity contribution in [2.45, 2.75) is 6.92 Å². The van der Waals surface area contributed by atoms with Crippen LogP contribution in [0.5, 0.6) is 0 Å².